The van der Waals surface area contributed by atoms with Gasteiger partial charge in [0.1, 0.15) is 10.7 Å². The van der Waals surface area contributed by atoms with Gasteiger partial charge in [-0.25, -0.2) is 4.79 Å². The number of halogens is 3. The molecule has 0 aliphatic carbocycles. The molecule has 0 N–H and O–H groups in total. The number of nitrogens with zero attached hydrogens (tertiary/aromatic N) is 1. The summed E-state index contributed by atoms with van der Waals surface area (Å²) in [4.78, 5) is 38.2. The lowest BCUT2D eigenvalue weighted by Gasteiger charge is -2.29. The van der Waals surface area contributed by atoms with E-state index in [0.717, 1.165) is 7.11 Å². The lowest BCUT2D eigenvalue weighted by Crippen LogP contribution is -2.39. The van der Waals surface area contributed by atoms with E-state index >= 15 is 0 Å². The number of benzene rings is 3. The molecule has 0 heterocycles. The maximum atomic E-state index is 14.7. The van der Waals surface area contributed by atoms with E-state index in [1.165, 1.54) is 79.9 Å². The van der Waals surface area contributed by atoms with E-state index in [1.807, 2.05) is 0 Å². The van der Waals surface area contributed by atoms with Crippen LogP contribution in [0.3, 0.4) is 0 Å². The maximum absolute atomic E-state index is 14.7. The van der Waals surface area contributed by atoms with Gasteiger partial charge in [0.05, 0.1) is 14.2 Å². The number of hydrogen-bond acceptors (Lipinski definition) is 6. The van der Waals surface area contributed by atoms with E-state index in [0.29, 0.717) is 10.6 Å². The van der Waals surface area contributed by atoms with Crippen LogP contribution in [0, 0.1) is 0 Å². The highest BCUT2D eigenvalue weighted by Crippen LogP contribution is 2.40. The Bertz CT molecular complexity index is 1260. The van der Waals surface area contributed by atoms with Crippen LogP contribution in [-0.4, -0.2) is 37.4 Å². The van der Waals surface area contributed by atoms with Crippen molar-refractivity contribution in [1.29, 1.82) is 0 Å². The van der Waals surface area contributed by atoms with Crippen molar-refractivity contribution in [3.63, 3.8) is 0 Å². The molecule has 0 aromatic heterocycles. The van der Waals surface area contributed by atoms with Crippen LogP contribution in [0.5, 0.6) is 5.75 Å². The Morgan fingerprint density at radius 3 is 1.78 bits per heavy atom. The highest BCUT2D eigenvalue weighted by molar-refractivity contribution is 8.18. The number of amides is 1. The molecule has 3 aromatic rings. The molecule has 0 aliphatic rings. The lowest BCUT2D eigenvalue weighted by molar-refractivity contribution is -0.136. The number of carbonyl (C=O) groups is 3. The normalized spacial score (nSPS) is 11.8. The number of ether oxygens (including phenoxy) is 2. The molecule has 1 amide bonds. The van der Waals surface area contributed by atoms with E-state index < -0.39 is 33.8 Å². The van der Waals surface area contributed by atoms with Crippen LogP contribution < -0.4 is 9.64 Å². The Kier molecular flexibility index (Phi) is 8.55. The number of allylic oxidation sites excluding steroid dienone is 1. The summed E-state index contributed by atoms with van der Waals surface area (Å²) in [6.45, 7) is 0. The summed E-state index contributed by atoms with van der Waals surface area (Å²) >= 11 is 0.0363. The molecule has 0 radical (unpaired) electrons. The molecule has 0 fully saturated rings. The third-order valence-electron chi connectivity index (χ3n) is 4.84. The third kappa shape index (κ3) is 6.14. The smallest absolute Gasteiger partial charge is 0.433 e. The van der Waals surface area contributed by atoms with Crippen LogP contribution in [-0.2, 0) is 9.53 Å². The zero-order chi connectivity index (χ0) is 26.3. The average Bonchev–Trinajstić information content (AvgIpc) is 2.90. The summed E-state index contributed by atoms with van der Waals surface area (Å²) < 4.78 is 53.7. The summed E-state index contributed by atoms with van der Waals surface area (Å²) in [5, 5.41) is -0.834. The number of esters is 1. The first kappa shape index (κ1) is 26.6. The lowest BCUT2D eigenvalue weighted by atomic mass is 10.1. The molecule has 10 heteroatoms. The zero-order valence-electron chi connectivity index (χ0n) is 19.1. The van der Waals surface area contributed by atoms with Crippen LogP contribution in [0.2, 0.25) is 0 Å². The number of rotatable bonds is 7. The number of anilines is 1. The molecule has 3 aromatic carbocycles. The van der Waals surface area contributed by atoms with Gasteiger partial charge < -0.3 is 9.47 Å². The number of thioether (sulfide) groups is 1. The highest BCUT2D eigenvalue weighted by Gasteiger charge is 2.46. The molecule has 3 rings (SSSR count). The predicted octanol–water partition coefficient (Wildman–Crippen LogP) is 5.86. The molecule has 0 spiro atoms. The fourth-order valence-electron chi connectivity index (χ4n) is 3.15. The monoisotopic (exact) mass is 515 g/mol. The van der Waals surface area contributed by atoms with E-state index in [-0.39, 0.29) is 28.6 Å². The Morgan fingerprint density at radius 2 is 1.31 bits per heavy atom. The second kappa shape index (κ2) is 11.6. The third-order valence-corrected chi connectivity index (χ3v) is 5.82. The van der Waals surface area contributed by atoms with E-state index in [2.05, 4.69) is 4.74 Å². The minimum atomic E-state index is -5.24. The van der Waals surface area contributed by atoms with Gasteiger partial charge in [-0.1, -0.05) is 48.5 Å². The summed E-state index contributed by atoms with van der Waals surface area (Å²) in [7, 11) is 2.27. The molecule has 186 valence electrons. The fourth-order valence-corrected chi connectivity index (χ4v) is 4.06. The predicted molar refractivity (Wildman–Crippen MR) is 130 cm³/mol. The van der Waals surface area contributed by atoms with Gasteiger partial charge in [0, 0.05) is 16.8 Å². The zero-order valence-corrected chi connectivity index (χ0v) is 19.9. The van der Waals surface area contributed by atoms with Crippen molar-refractivity contribution in [2.75, 3.05) is 19.1 Å². The molecular formula is C26H20F3NO5S. The van der Waals surface area contributed by atoms with Gasteiger partial charge in [-0.2, -0.15) is 13.2 Å². The first-order chi connectivity index (χ1) is 17.2. The molecule has 6 nitrogen and oxygen atoms in total. The molecule has 0 atom stereocenters. The van der Waals surface area contributed by atoms with E-state index in [1.54, 1.807) is 12.1 Å². The van der Waals surface area contributed by atoms with E-state index in [4.69, 9.17) is 4.74 Å². The first-order valence-electron chi connectivity index (χ1n) is 10.4. The van der Waals surface area contributed by atoms with Crippen molar-refractivity contribution in [3.8, 4) is 5.75 Å². The number of hydrogen-bond donors (Lipinski definition) is 0. The van der Waals surface area contributed by atoms with Gasteiger partial charge >= 0.3 is 12.1 Å². The van der Waals surface area contributed by atoms with Gasteiger partial charge in [0.2, 0.25) is 5.12 Å². The summed E-state index contributed by atoms with van der Waals surface area (Å²) in [5.41, 5.74) is -1.86. The van der Waals surface area contributed by atoms with Crippen molar-refractivity contribution in [2.24, 2.45) is 0 Å². The second-order valence-corrected chi connectivity index (χ2v) is 8.11. The Morgan fingerprint density at radius 1 is 0.778 bits per heavy atom. The van der Waals surface area contributed by atoms with E-state index in [9.17, 15) is 27.6 Å². The van der Waals surface area contributed by atoms with Gasteiger partial charge in [0.15, 0.2) is 5.70 Å². The van der Waals surface area contributed by atoms with Gasteiger partial charge in [0.25, 0.3) is 5.91 Å². The second-order valence-electron chi connectivity index (χ2n) is 7.13. The first-order valence-corrected chi connectivity index (χ1v) is 11.2. The minimum Gasteiger partial charge on any atom is -0.497 e. The highest BCUT2D eigenvalue weighted by atomic mass is 32.2. The standard InChI is InChI=1S/C26H20F3NO5S/c1-34-20-15-13-19(14-16-20)30(23(31)17-9-5-3-6-10-17)22(26(27,28)29)21(24(32)35-2)36-25(33)18-11-7-4-8-12-18/h3-16H,1-2H3/b22-21+. The van der Waals surface area contributed by atoms with Crippen molar-refractivity contribution < 1.29 is 37.0 Å². The average molecular weight is 516 g/mol. The molecule has 0 unspecified atom stereocenters. The molecule has 36 heavy (non-hydrogen) atoms. The van der Waals surface area contributed by atoms with Crippen molar-refractivity contribution in [3.05, 3.63) is 107 Å². The summed E-state index contributed by atoms with van der Waals surface area (Å²) in [5.74, 6) is -2.15. The Hall–Kier alpha value is -4.05. The minimum absolute atomic E-state index is 0.0363. The number of carbonyl (C=O) groups excluding carboxylic acids is 3. The van der Waals surface area contributed by atoms with Crippen LogP contribution in [0.15, 0.2) is 95.5 Å². The number of methoxy groups -OCH3 is 2. The maximum Gasteiger partial charge on any atom is 0.433 e. The van der Waals surface area contributed by atoms with Gasteiger partial charge in [-0.05, 0) is 48.2 Å². The largest absolute Gasteiger partial charge is 0.497 e. The summed E-state index contributed by atoms with van der Waals surface area (Å²) in [6.07, 6.45) is -5.24. The van der Waals surface area contributed by atoms with Crippen LogP contribution in [0.1, 0.15) is 20.7 Å². The van der Waals surface area contributed by atoms with Crippen molar-refractivity contribution in [1.82, 2.24) is 0 Å². The fraction of sp³-hybridized carbons (Fsp3) is 0.115. The summed E-state index contributed by atoms with van der Waals surface area (Å²) in [6, 6.07) is 20.0. The molecule has 0 saturated carbocycles. The SMILES string of the molecule is COC(=O)/C(SC(=O)c1ccccc1)=C(\N(C(=O)c1ccccc1)c1ccc(OC)cc1)C(F)(F)F. The topological polar surface area (TPSA) is 72.9 Å². The van der Waals surface area contributed by atoms with Crippen LogP contribution >= 0.6 is 11.8 Å². The number of alkyl halides is 3. The molecule has 0 aliphatic heterocycles. The van der Waals surface area contributed by atoms with Crippen molar-refractivity contribution in [2.45, 2.75) is 6.18 Å². The Labute approximate surface area is 209 Å². The molecule has 0 saturated heterocycles. The quantitative estimate of drug-likeness (QED) is 0.290. The van der Waals surface area contributed by atoms with Crippen molar-refractivity contribution >= 4 is 34.4 Å². The molecular weight excluding hydrogens is 495 g/mol. The molecule has 0 bridgehead atoms. The van der Waals surface area contributed by atoms with Crippen LogP contribution in [0.25, 0.3) is 0 Å². The van der Waals surface area contributed by atoms with Gasteiger partial charge in [-0.15, -0.1) is 0 Å². The van der Waals surface area contributed by atoms with Gasteiger partial charge in [-0.3, -0.25) is 14.5 Å². The Balaban J connectivity index is 2.28. The van der Waals surface area contributed by atoms with Crippen LogP contribution in [0.4, 0.5) is 18.9 Å².